The fraction of sp³-hybridized carbons (Fsp3) is 0.296. The van der Waals surface area contributed by atoms with Crippen LogP contribution in [0.25, 0.3) is 0 Å². The third kappa shape index (κ3) is 5.96. The van der Waals surface area contributed by atoms with Crippen LogP contribution in [-0.2, 0) is 21.4 Å². The second-order valence-corrected chi connectivity index (χ2v) is 10.5. The Balaban J connectivity index is 1.53. The monoisotopic (exact) mass is 527 g/mol. The summed E-state index contributed by atoms with van der Waals surface area (Å²) in [4.78, 5) is 15.0. The molecule has 3 aromatic carbocycles. The number of carbonyl (C=O) groups excluding carboxylic acids is 1. The molecule has 0 radical (unpaired) electrons. The molecule has 1 aliphatic rings. The van der Waals surface area contributed by atoms with Gasteiger partial charge in [-0.25, -0.2) is 12.8 Å². The number of ether oxygens (including phenoxy) is 2. The van der Waals surface area contributed by atoms with E-state index in [9.17, 15) is 17.6 Å². The molecule has 0 aliphatic carbocycles. The summed E-state index contributed by atoms with van der Waals surface area (Å²) in [6, 6.07) is 17.4. The Morgan fingerprint density at radius 3 is 2.30 bits per heavy atom. The first-order chi connectivity index (χ1) is 17.8. The molecule has 0 spiro atoms. The number of nitrogens with zero attached hydrogens (tertiary/aromatic N) is 2. The van der Waals surface area contributed by atoms with Crippen LogP contribution >= 0.6 is 0 Å². The summed E-state index contributed by atoms with van der Waals surface area (Å²) in [6.45, 7) is 1.68. The van der Waals surface area contributed by atoms with Gasteiger partial charge in [0, 0.05) is 31.4 Å². The first-order valence-corrected chi connectivity index (χ1v) is 13.4. The van der Waals surface area contributed by atoms with Crippen LogP contribution in [0.15, 0.2) is 71.6 Å². The minimum Gasteiger partial charge on any atom is -0.493 e. The molecular formula is C27H30FN3O5S. The van der Waals surface area contributed by atoms with Crippen LogP contribution in [-0.4, -0.2) is 48.2 Å². The van der Waals surface area contributed by atoms with E-state index in [4.69, 9.17) is 9.47 Å². The number of amides is 1. The number of halogens is 1. The van der Waals surface area contributed by atoms with Crippen molar-refractivity contribution in [3.05, 3.63) is 78.1 Å². The van der Waals surface area contributed by atoms with E-state index in [2.05, 4.69) is 10.2 Å². The highest BCUT2D eigenvalue weighted by Crippen LogP contribution is 2.32. The normalized spacial score (nSPS) is 13.3. The van der Waals surface area contributed by atoms with Gasteiger partial charge in [-0.3, -0.25) is 9.10 Å². The average molecular weight is 528 g/mol. The fourth-order valence-corrected chi connectivity index (χ4v) is 5.69. The van der Waals surface area contributed by atoms with Gasteiger partial charge < -0.3 is 19.7 Å². The van der Waals surface area contributed by atoms with E-state index in [1.54, 1.807) is 0 Å². The molecule has 0 unspecified atom stereocenters. The molecule has 0 atom stereocenters. The van der Waals surface area contributed by atoms with Crippen molar-refractivity contribution in [3.63, 3.8) is 0 Å². The molecule has 1 fully saturated rings. The number of anilines is 2. The van der Waals surface area contributed by atoms with Crippen molar-refractivity contribution in [2.24, 2.45) is 0 Å². The number of benzene rings is 3. The lowest BCUT2D eigenvalue weighted by molar-refractivity contribution is -0.119. The average Bonchev–Trinajstić information content (AvgIpc) is 3.46. The van der Waals surface area contributed by atoms with Crippen molar-refractivity contribution >= 4 is 27.3 Å². The van der Waals surface area contributed by atoms with Crippen molar-refractivity contribution in [1.29, 1.82) is 0 Å². The van der Waals surface area contributed by atoms with E-state index in [0.717, 1.165) is 34.7 Å². The van der Waals surface area contributed by atoms with Gasteiger partial charge in [-0.15, -0.1) is 0 Å². The number of nitrogens with one attached hydrogen (secondary N) is 1. The van der Waals surface area contributed by atoms with Crippen LogP contribution in [0.1, 0.15) is 18.4 Å². The summed E-state index contributed by atoms with van der Waals surface area (Å²) in [5, 5.41) is 2.75. The lowest BCUT2D eigenvalue weighted by Gasteiger charge is -2.25. The molecule has 1 aliphatic heterocycles. The molecule has 0 saturated carbocycles. The molecule has 1 amide bonds. The Hall–Kier alpha value is -3.79. The molecule has 0 bridgehead atoms. The highest BCUT2D eigenvalue weighted by Gasteiger charge is 2.30. The highest BCUT2D eigenvalue weighted by molar-refractivity contribution is 7.92. The summed E-state index contributed by atoms with van der Waals surface area (Å²) in [7, 11) is -1.52. The van der Waals surface area contributed by atoms with E-state index in [-0.39, 0.29) is 22.9 Å². The minimum atomic E-state index is -4.34. The Labute approximate surface area is 216 Å². The molecule has 1 heterocycles. The van der Waals surface area contributed by atoms with Crippen LogP contribution in [0, 0.1) is 5.82 Å². The third-order valence-corrected chi connectivity index (χ3v) is 8.00. The first kappa shape index (κ1) is 26.3. The van der Waals surface area contributed by atoms with Crippen LogP contribution in [0.4, 0.5) is 15.8 Å². The molecule has 10 heteroatoms. The molecule has 8 nitrogen and oxygen atoms in total. The van der Waals surface area contributed by atoms with Crippen LogP contribution in [0.2, 0.25) is 0 Å². The van der Waals surface area contributed by atoms with Gasteiger partial charge in [0.05, 0.1) is 24.8 Å². The minimum absolute atomic E-state index is 0.168. The van der Waals surface area contributed by atoms with Gasteiger partial charge in [-0.1, -0.05) is 24.3 Å². The van der Waals surface area contributed by atoms with Gasteiger partial charge in [0.15, 0.2) is 11.5 Å². The highest BCUT2D eigenvalue weighted by atomic mass is 32.2. The SMILES string of the molecule is COc1ccc(S(=O)(=O)N(CC(=O)NCc2ccc(N3CCCC3)cc2)c2ccccc2F)cc1OC. The number of hydrogen-bond acceptors (Lipinski definition) is 6. The van der Waals surface area contributed by atoms with Gasteiger partial charge >= 0.3 is 0 Å². The van der Waals surface area contributed by atoms with Crippen molar-refractivity contribution in [2.75, 3.05) is 43.1 Å². The standard InChI is InChI=1S/C27H30FN3O5S/c1-35-25-14-13-22(17-26(25)36-2)37(33,34)31(24-8-4-3-7-23(24)28)19-27(32)29-18-20-9-11-21(12-10-20)30-15-5-6-16-30/h3-4,7-14,17H,5-6,15-16,18-19H2,1-2H3,(H,29,32). The Morgan fingerprint density at radius 2 is 1.65 bits per heavy atom. The van der Waals surface area contributed by atoms with Gasteiger partial charge in [0.1, 0.15) is 12.4 Å². The van der Waals surface area contributed by atoms with Crippen molar-refractivity contribution < 1.29 is 27.1 Å². The van der Waals surface area contributed by atoms with E-state index < -0.39 is 28.3 Å². The predicted molar refractivity (Wildman–Crippen MR) is 140 cm³/mol. The number of rotatable bonds is 10. The molecule has 1 N–H and O–H groups in total. The van der Waals surface area contributed by atoms with E-state index in [1.807, 2.05) is 24.3 Å². The summed E-state index contributed by atoms with van der Waals surface area (Å²) >= 11 is 0. The molecular weight excluding hydrogens is 497 g/mol. The van der Waals surface area contributed by atoms with Gasteiger partial charge in [0.2, 0.25) is 5.91 Å². The zero-order valence-corrected chi connectivity index (χ0v) is 21.6. The largest absolute Gasteiger partial charge is 0.493 e. The van der Waals surface area contributed by atoms with E-state index in [1.165, 1.54) is 63.5 Å². The van der Waals surface area contributed by atoms with Gasteiger partial charge in [0.25, 0.3) is 10.0 Å². The second kappa shape index (κ2) is 11.5. The summed E-state index contributed by atoms with van der Waals surface area (Å²) < 4.78 is 53.1. The second-order valence-electron chi connectivity index (χ2n) is 8.62. The van der Waals surface area contributed by atoms with E-state index in [0.29, 0.717) is 5.75 Å². The molecule has 4 rings (SSSR count). The fourth-order valence-electron chi connectivity index (χ4n) is 4.24. The molecule has 196 valence electrons. The Morgan fingerprint density at radius 1 is 0.973 bits per heavy atom. The maximum atomic E-state index is 14.7. The zero-order valence-electron chi connectivity index (χ0n) is 20.8. The summed E-state index contributed by atoms with van der Waals surface area (Å²) in [5.41, 5.74) is 1.78. The van der Waals surface area contributed by atoms with Crippen molar-refractivity contribution in [1.82, 2.24) is 5.32 Å². The number of sulfonamides is 1. The maximum Gasteiger partial charge on any atom is 0.265 e. The lowest BCUT2D eigenvalue weighted by Crippen LogP contribution is -2.41. The topological polar surface area (TPSA) is 88.2 Å². The molecule has 3 aromatic rings. The van der Waals surface area contributed by atoms with Crippen LogP contribution in [0.5, 0.6) is 11.5 Å². The van der Waals surface area contributed by atoms with E-state index >= 15 is 0 Å². The number of para-hydroxylation sites is 1. The number of hydrogen-bond donors (Lipinski definition) is 1. The first-order valence-electron chi connectivity index (χ1n) is 11.9. The summed E-state index contributed by atoms with van der Waals surface area (Å²) in [6.07, 6.45) is 2.37. The molecule has 0 aromatic heterocycles. The number of carbonyl (C=O) groups is 1. The number of methoxy groups -OCH3 is 2. The molecule has 37 heavy (non-hydrogen) atoms. The van der Waals surface area contributed by atoms with Gasteiger partial charge in [-0.05, 0) is 54.8 Å². The van der Waals surface area contributed by atoms with Crippen molar-refractivity contribution in [2.45, 2.75) is 24.3 Å². The molecule has 1 saturated heterocycles. The predicted octanol–water partition coefficient (Wildman–Crippen LogP) is 3.95. The van der Waals surface area contributed by atoms with Gasteiger partial charge in [-0.2, -0.15) is 0 Å². The van der Waals surface area contributed by atoms with Crippen molar-refractivity contribution in [3.8, 4) is 11.5 Å². The summed E-state index contributed by atoms with van der Waals surface area (Å²) in [5.74, 6) is -0.806. The quantitative estimate of drug-likeness (QED) is 0.430. The smallest absolute Gasteiger partial charge is 0.265 e. The van der Waals surface area contributed by atoms with Crippen LogP contribution in [0.3, 0.4) is 0 Å². The maximum absolute atomic E-state index is 14.7. The zero-order chi connectivity index (χ0) is 26.4. The van der Waals surface area contributed by atoms with Crippen LogP contribution < -0.4 is 24.0 Å². The Bertz CT molecular complexity index is 1340. The lowest BCUT2D eigenvalue weighted by atomic mass is 10.2. The third-order valence-electron chi connectivity index (χ3n) is 6.25. The Kier molecular flexibility index (Phi) is 8.17.